The number of hydrogen-bond acceptors (Lipinski definition) is 4. The first-order chi connectivity index (χ1) is 16.7. The van der Waals surface area contributed by atoms with Gasteiger partial charge in [-0.25, -0.2) is 0 Å². The quantitative estimate of drug-likeness (QED) is 0.312. The van der Waals surface area contributed by atoms with E-state index in [1.807, 2.05) is 72.8 Å². The summed E-state index contributed by atoms with van der Waals surface area (Å²) >= 11 is 0. The number of nitrogens with zero attached hydrogens (tertiary/aromatic N) is 1. The van der Waals surface area contributed by atoms with Crippen LogP contribution >= 0.6 is 0 Å². The first-order valence-corrected chi connectivity index (χ1v) is 11.5. The maximum Gasteiger partial charge on any atom is 0.324 e. The number of aromatic hydroxyl groups is 1. The molecule has 1 N–H and O–H groups in total. The first kappa shape index (κ1) is 23.3. The Kier molecular flexibility index (Phi) is 8.09. The van der Waals surface area contributed by atoms with Crippen LogP contribution in [0.3, 0.4) is 0 Å². The molecule has 0 aromatic heterocycles. The van der Waals surface area contributed by atoms with Crippen molar-refractivity contribution in [3.63, 3.8) is 0 Å². The van der Waals surface area contributed by atoms with Crippen LogP contribution in [-0.2, 0) is 35.6 Å². The summed E-state index contributed by atoms with van der Waals surface area (Å²) in [5.74, 6) is -0.0920. The van der Waals surface area contributed by atoms with Gasteiger partial charge in [0.15, 0.2) is 0 Å². The molecule has 34 heavy (non-hydrogen) atoms. The minimum atomic E-state index is -0.522. The molecule has 4 heteroatoms. The summed E-state index contributed by atoms with van der Waals surface area (Å²) in [6.45, 7) is 1.42. The van der Waals surface area contributed by atoms with Crippen molar-refractivity contribution in [3.05, 3.63) is 138 Å². The molecule has 0 unspecified atom stereocenters. The topological polar surface area (TPSA) is 49.8 Å². The van der Waals surface area contributed by atoms with Gasteiger partial charge >= 0.3 is 5.97 Å². The molecule has 4 aromatic carbocycles. The largest absolute Gasteiger partial charge is 0.508 e. The number of carbonyl (C=O) groups excluding carboxylic acids is 1. The number of carbonyl (C=O) groups is 1. The predicted octanol–water partition coefficient (Wildman–Crippen LogP) is 5.75. The highest BCUT2D eigenvalue weighted by atomic mass is 16.5. The molecule has 0 aliphatic heterocycles. The van der Waals surface area contributed by atoms with Gasteiger partial charge in [-0.2, -0.15) is 0 Å². The lowest BCUT2D eigenvalue weighted by molar-refractivity contribution is -0.152. The first-order valence-electron chi connectivity index (χ1n) is 11.5. The van der Waals surface area contributed by atoms with Crippen molar-refractivity contribution in [3.8, 4) is 5.75 Å². The van der Waals surface area contributed by atoms with Crippen molar-refractivity contribution in [1.82, 2.24) is 4.90 Å². The minimum Gasteiger partial charge on any atom is -0.508 e. The minimum absolute atomic E-state index is 0.187. The molecule has 0 bridgehead atoms. The molecule has 4 aromatic rings. The average molecular weight is 452 g/mol. The maximum absolute atomic E-state index is 13.5. The normalized spacial score (nSPS) is 11.8. The summed E-state index contributed by atoms with van der Waals surface area (Å²) in [6.07, 6.45) is 0.432. The molecule has 0 amide bonds. The number of rotatable bonds is 10. The molecular weight excluding hydrogens is 422 g/mol. The van der Waals surface area contributed by atoms with E-state index >= 15 is 0 Å². The number of phenols is 1. The summed E-state index contributed by atoms with van der Waals surface area (Å²) < 4.78 is 5.81. The van der Waals surface area contributed by atoms with Gasteiger partial charge in [-0.05, 0) is 40.8 Å². The fourth-order valence-corrected chi connectivity index (χ4v) is 4.01. The standard InChI is InChI=1S/C30H29NO3/c32-28-18-10-17-27(19-28)20-29(30(33)34-23-26-15-8-3-9-16-26)31(21-24-11-4-1-5-12-24)22-25-13-6-2-7-14-25/h1-19,29,32H,20-23H2/t29-/m1/s1. The molecule has 0 spiro atoms. The van der Waals surface area contributed by atoms with Crippen molar-refractivity contribution in [1.29, 1.82) is 0 Å². The summed E-state index contributed by atoms with van der Waals surface area (Å²) in [4.78, 5) is 15.7. The number of phenolic OH excluding ortho intramolecular Hbond substituents is 1. The van der Waals surface area contributed by atoms with Gasteiger partial charge in [0.25, 0.3) is 0 Å². The Morgan fingerprint density at radius 2 is 1.18 bits per heavy atom. The van der Waals surface area contributed by atoms with Gasteiger partial charge in [-0.15, -0.1) is 0 Å². The van der Waals surface area contributed by atoms with Crippen LogP contribution < -0.4 is 0 Å². The highest BCUT2D eigenvalue weighted by molar-refractivity contribution is 5.76. The molecule has 0 radical (unpaired) electrons. The van der Waals surface area contributed by atoms with Crippen molar-refractivity contribution in [2.24, 2.45) is 0 Å². The number of benzene rings is 4. The molecule has 0 fully saturated rings. The predicted molar refractivity (Wildman–Crippen MR) is 134 cm³/mol. The fraction of sp³-hybridized carbons (Fsp3) is 0.167. The van der Waals surface area contributed by atoms with Crippen molar-refractivity contribution in [2.45, 2.75) is 32.2 Å². The molecule has 0 aliphatic carbocycles. The van der Waals surface area contributed by atoms with E-state index in [1.165, 1.54) is 0 Å². The van der Waals surface area contributed by atoms with Gasteiger partial charge in [-0.3, -0.25) is 9.69 Å². The molecule has 172 valence electrons. The number of hydrogen-bond donors (Lipinski definition) is 1. The summed E-state index contributed by atoms with van der Waals surface area (Å²) in [5, 5.41) is 10.00. The van der Waals surface area contributed by atoms with Gasteiger partial charge in [0.1, 0.15) is 18.4 Å². The molecule has 0 aliphatic rings. The number of esters is 1. The lowest BCUT2D eigenvalue weighted by atomic mass is 10.0. The molecule has 0 saturated heterocycles. The molecule has 1 atom stereocenters. The molecule has 4 rings (SSSR count). The Morgan fingerprint density at radius 3 is 1.71 bits per heavy atom. The van der Waals surface area contributed by atoms with Gasteiger partial charge in [0.05, 0.1) is 0 Å². The van der Waals surface area contributed by atoms with Crippen LogP contribution in [0.1, 0.15) is 22.3 Å². The lowest BCUT2D eigenvalue weighted by Crippen LogP contribution is -2.43. The monoisotopic (exact) mass is 451 g/mol. The smallest absolute Gasteiger partial charge is 0.324 e. The summed E-state index contributed by atoms with van der Waals surface area (Å²) in [5.41, 5.74) is 4.07. The van der Waals surface area contributed by atoms with Crippen molar-refractivity contribution >= 4 is 5.97 Å². The Labute approximate surface area is 201 Å². The van der Waals surface area contributed by atoms with E-state index in [1.54, 1.807) is 18.2 Å². The van der Waals surface area contributed by atoms with Crippen molar-refractivity contribution < 1.29 is 14.6 Å². The van der Waals surface area contributed by atoms with Gasteiger partial charge in [-0.1, -0.05) is 103 Å². The van der Waals surface area contributed by atoms with E-state index < -0.39 is 6.04 Å². The summed E-state index contributed by atoms with van der Waals surface area (Å²) in [7, 11) is 0. The third-order valence-electron chi connectivity index (χ3n) is 5.73. The van der Waals surface area contributed by atoms with Gasteiger partial charge < -0.3 is 9.84 Å². The van der Waals surface area contributed by atoms with E-state index in [9.17, 15) is 9.90 Å². The molecule has 0 heterocycles. The van der Waals surface area contributed by atoms with Gasteiger partial charge in [0, 0.05) is 13.1 Å². The van der Waals surface area contributed by atoms with E-state index in [2.05, 4.69) is 29.2 Å². The van der Waals surface area contributed by atoms with Crippen LogP contribution in [0.25, 0.3) is 0 Å². The van der Waals surface area contributed by atoms with E-state index in [4.69, 9.17) is 4.74 Å². The lowest BCUT2D eigenvalue weighted by Gasteiger charge is -2.31. The van der Waals surface area contributed by atoms with E-state index in [-0.39, 0.29) is 18.3 Å². The Balaban J connectivity index is 1.62. The highest BCUT2D eigenvalue weighted by Crippen LogP contribution is 2.21. The van der Waals surface area contributed by atoms with Crippen LogP contribution in [0, 0.1) is 0 Å². The van der Waals surface area contributed by atoms with Gasteiger partial charge in [0.2, 0.25) is 0 Å². The average Bonchev–Trinajstić information content (AvgIpc) is 2.87. The zero-order valence-electron chi connectivity index (χ0n) is 19.1. The van der Waals surface area contributed by atoms with Crippen LogP contribution in [0.2, 0.25) is 0 Å². The molecule has 4 nitrogen and oxygen atoms in total. The summed E-state index contributed by atoms with van der Waals surface area (Å²) in [6, 6.07) is 36.5. The third-order valence-corrected chi connectivity index (χ3v) is 5.73. The maximum atomic E-state index is 13.5. The SMILES string of the molecule is O=C(OCc1ccccc1)[C@@H](Cc1cccc(O)c1)N(Cc1ccccc1)Cc1ccccc1. The Morgan fingerprint density at radius 1 is 0.676 bits per heavy atom. The van der Waals surface area contributed by atoms with E-state index in [0.29, 0.717) is 19.5 Å². The van der Waals surface area contributed by atoms with Crippen LogP contribution in [0.15, 0.2) is 115 Å². The highest BCUT2D eigenvalue weighted by Gasteiger charge is 2.28. The van der Waals surface area contributed by atoms with Crippen LogP contribution in [0.4, 0.5) is 0 Å². The third kappa shape index (κ3) is 6.80. The Hall–Kier alpha value is -3.89. The van der Waals surface area contributed by atoms with Crippen molar-refractivity contribution in [2.75, 3.05) is 0 Å². The molecular formula is C30H29NO3. The fourth-order valence-electron chi connectivity index (χ4n) is 4.01. The second-order valence-electron chi connectivity index (χ2n) is 8.36. The molecule has 0 saturated carbocycles. The second kappa shape index (κ2) is 11.8. The second-order valence-corrected chi connectivity index (χ2v) is 8.36. The zero-order valence-corrected chi connectivity index (χ0v) is 19.1. The van der Waals surface area contributed by atoms with Crippen LogP contribution in [-0.4, -0.2) is 22.0 Å². The van der Waals surface area contributed by atoms with E-state index in [0.717, 1.165) is 22.3 Å². The zero-order chi connectivity index (χ0) is 23.6. The number of ether oxygens (including phenoxy) is 1. The Bertz CT molecular complexity index is 1120. The van der Waals surface area contributed by atoms with Crippen LogP contribution in [0.5, 0.6) is 5.75 Å².